The van der Waals surface area contributed by atoms with E-state index in [1.54, 1.807) is 77.7 Å². The zero-order valence-electron chi connectivity index (χ0n) is 47.6. The Balaban J connectivity index is 0.931. The second-order valence-corrected chi connectivity index (χ2v) is 27.5. The molecule has 10 N–H and O–H groups in total. The maximum atomic E-state index is 15.2. The minimum absolute atomic E-state index is 0.00805. The van der Waals surface area contributed by atoms with Crippen LogP contribution in [0.5, 0.6) is 5.75 Å². The molecule has 9 heterocycles. The molecule has 12 rings (SSSR count). The standard InChI is InChI=1S/C60H55N13O11S6/c1-26-42(75)20-73-47(26)58-70-41(25-89-58)55-66-37(21-86-55)45-33(16-17-34(63-45)54-68-38(23-87-54)49(78)62-31-12-10-30(11-13-31)60(83)84)53-67-39(22-85-53)50(79)64-35(19-43(61)76)56-72-44(27(2)90-56)52(81)71-46(48(77)29-6-4-3-5-7-29)57-69-40(24-88-57)51(80)65-36(59(73)82)18-28-8-14-32(74)15-9-28/h3-9,14-17,21-26,30-31,35-36,42,46-48,74-75,77H,10-13,18-20H2,1-2H3,(H2,61,76)(H,62,78)(H,64,79)(H,65,80)(H,71,81)(H,83,84)/t26-,30-,31-,35-,36-,42-,46-,47-,48+/m0/s1. The first-order chi connectivity index (χ1) is 43.3. The van der Waals surface area contributed by atoms with Crippen molar-refractivity contribution in [2.75, 3.05) is 6.54 Å². The molecule has 90 heavy (non-hydrogen) atoms. The summed E-state index contributed by atoms with van der Waals surface area (Å²) in [5, 5.41) is 65.0. The molecule has 0 unspecified atom stereocenters. The van der Waals surface area contributed by atoms with Gasteiger partial charge < -0.3 is 52.3 Å². The third-order valence-corrected chi connectivity index (χ3v) is 21.4. The molecule has 24 nitrogen and oxygen atoms in total. The van der Waals surface area contributed by atoms with E-state index in [1.165, 1.54) is 61.8 Å². The van der Waals surface area contributed by atoms with E-state index in [0.29, 0.717) is 90.1 Å². The van der Waals surface area contributed by atoms with Gasteiger partial charge in [-0.05, 0) is 68.0 Å². The number of nitrogens with two attached hydrogens (primary N) is 1. The molecule has 0 spiro atoms. The number of carbonyl (C=O) groups is 7. The van der Waals surface area contributed by atoms with Crippen molar-refractivity contribution in [2.24, 2.45) is 17.6 Å². The number of carboxylic acids is 1. The lowest BCUT2D eigenvalue weighted by Gasteiger charge is -2.29. The Hall–Kier alpha value is -8.62. The van der Waals surface area contributed by atoms with Crippen LogP contribution in [0.4, 0.5) is 0 Å². The number of thiazole rings is 6. The molecule has 2 aromatic carbocycles. The number of rotatable bonds is 10. The molecule has 10 bridgehead atoms. The second-order valence-electron chi connectivity index (χ2n) is 21.9. The highest BCUT2D eigenvalue weighted by Crippen LogP contribution is 2.43. The molecule has 7 atom stereocenters. The highest BCUT2D eigenvalue weighted by Gasteiger charge is 2.46. The average Bonchev–Trinajstić information content (AvgIpc) is 1.70. The van der Waals surface area contributed by atoms with Crippen LogP contribution >= 0.6 is 68.0 Å². The minimum atomic E-state index is -1.42. The first kappa shape index (κ1) is 61.6. The molecule has 2 aliphatic heterocycles. The zero-order valence-corrected chi connectivity index (χ0v) is 52.5. The van der Waals surface area contributed by atoms with Gasteiger partial charge in [0.15, 0.2) is 0 Å². The van der Waals surface area contributed by atoms with Gasteiger partial charge in [0, 0.05) is 62.3 Å². The van der Waals surface area contributed by atoms with Crippen molar-refractivity contribution in [3.8, 4) is 49.1 Å². The Morgan fingerprint density at radius 2 is 1.32 bits per heavy atom. The van der Waals surface area contributed by atoms with Crippen LogP contribution in [0.15, 0.2) is 93.6 Å². The van der Waals surface area contributed by atoms with Crippen LogP contribution in [-0.2, 0) is 20.8 Å². The number of aromatic hydroxyl groups is 1. The number of nitrogens with zero attached hydrogens (tertiary/aromatic N) is 8. The van der Waals surface area contributed by atoms with Crippen molar-refractivity contribution >= 4 is 109 Å². The summed E-state index contributed by atoms with van der Waals surface area (Å²) in [7, 11) is 0. The maximum absolute atomic E-state index is 15.2. The topological polar surface area (TPSA) is 368 Å². The molecule has 1 saturated carbocycles. The molecule has 7 aromatic heterocycles. The van der Waals surface area contributed by atoms with Crippen LogP contribution in [0.25, 0.3) is 43.4 Å². The lowest BCUT2D eigenvalue weighted by Crippen LogP contribution is -2.50. The number of fused-ring (bicyclic) bond motifs is 16. The van der Waals surface area contributed by atoms with E-state index in [9.17, 15) is 49.2 Å². The predicted molar refractivity (Wildman–Crippen MR) is 337 cm³/mol. The quantitative estimate of drug-likeness (QED) is 0.0634. The molecular weight excluding hydrogens is 1270 g/mol. The average molecular weight is 1330 g/mol. The summed E-state index contributed by atoms with van der Waals surface area (Å²) >= 11 is 6.89. The Morgan fingerprint density at radius 3 is 2.07 bits per heavy atom. The molecule has 6 amide bonds. The molecule has 3 aliphatic rings. The monoisotopic (exact) mass is 1330 g/mol. The molecular formula is C60H55N13O11S6. The molecule has 0 radical (unpaired) electrons. The number of nitrogens with one attached hydrogen (secondary N) is 4. The normalized spacial score (nSPS) is 21.8. The number of pyridine rings is 1. The van der Waals surface area contributed by atoms with E-state index in [4.69, 9.17) is 25.7 Å². The van der Waals surface area contributed by atoms with Crippen molar-refractivity contribution in [3.63, 3.8) is 0 Å². The number of carbonyl (C=O) groups excluding carboxylic acids is 6. The molecule has 1 aliphatic carbocycles. The van der Waals surface area contributed by atoms with Gasteiger partial charge in [-0.2, -0.15) is 0 Å². The number of primary amides is 1. The van der Waals surface area contributed by atoms with Crippen LogP contribution in [0, 0.1) is 18.8 Å². The number of hydrogen-bond acceptors (Lipinski definition) is 23. The third kappa shape index (κ3) is 13.0. The van der Waals surface area contributed by atoms with E-state index in [-0.39, 0.29) is 57.5 Å². The van der Waals surface area contributed by atoms with E-state index in [2.05, 4.69) is 36.2 Å². The number of aliphatic hydroxyl groups is 2. The van der Waals surface area contributed by atoms with Crippen LogP contribution in [-0.4, -0.2) is 126 Å². The minimum Gasteiger partial charge on any atom is -0.508 e. The fraction of sp³-hybridized carbons (Fsp3) is 0.300. The Labute approximate surface area is 536 Å². The fourth-order valence-electron chi connectivity index (χ4n) is 11.0. The molecule has 2 fully saturated rings. The van der Waals surface area contributed by atoms with Gasteiger partial charge in [0.25, 0.3) is 23.6 Å². The van der Waals surface area contributed by atoms with E-state index in [1.807, 2.05) is 6.92 Å². The van der Waals surface area contributed by atoms with Crippen molar-refractivity contribution in [1.29, 1.82) is 0 Å². The van der Waals surface area contributed by atoms with Gasteiger partial charge in [-0.1, -0.05) is 49.4 Å². The van der Waals surface area contributed by atoms with Crippen LogP contribution in [0.3, 0.4) is 0 Å². The van der Waals surface area contributed by atoms with E-state index in [0.717, 1.165) is 34.0 Å². The number of aryl methyl sites for hydroxylation is 1. The summed E-state index contributed by atoms with van der Waals surface area (Å²) in [5.74, 6) is -5.75. The Kier molecular flexibility index (Phi) is 17.8. The lowest BCUT2D eigenvalue weighted by molar-refractivity contribution is -0.143. The molecule has 1 saturated heterocycles. The SMILES string of the molecule is Cc1sc2nc1C(=O)N[C@@H]([C@H](O)c1ccccc1)c1nc(cs1)C(=O)N[C@@H](Cc1ccc(O)cc1)C(=O)N1C[C@H](O)[C@H](C)[C@H]1c1nc(cs1)-c1nc(cs1)-c1nc(-c3nc(C(=O)N[C@H]4CC[C@H](C(=O)O)CC4)cs3)ccc1-c1nc(cs1)C(=O)N[C@H]2CC(N)=O. The van der Waals surface area contributed by atoms with E-state index < -0.39 is 96.0 Å². The van der Waals surface area contributed by atoms with Crippen molar-refractivity contribution in [3.05, 3.63) is 147 Å². The summed E-state index contributed by atoms with van der Waals surface area (Å²) in [6.07, 6.45) is -0.900. The highest BCUT2D eigenvalue weighted by atomic mass is 32.1. The number of benzene rings is 2. The van der Waals surface area contributed by atoms with Gasteiger partial charge in [-0.25, -0.2) is 34.9 Å². The number of phenols is 1. The zero-order chi connectivity index (χ0) is 63.1. The van der Waals surface area contributed by atoms with Crippen LogP contribution in [0.2, 0.25) is 0 Å². The number of aliphatic hydroxyl groups excluding tert-OH is 2. The molecule has 9 aromatic rings. The first-order valence-corrected chi connectivity index (χ1v) is 33.5. The van der Waals surface area contributed by atoms with Gasteiger partial charge in [-0.3, -0.25) is 33.6 Å². The third-order valence-electron chi connectivity index (χ3n) is 15.9. The second kappa shape index (κ2) is 26.1. The van der Waals surface area contributed by atoms with E-state index >= 15 is 4.79 Å². The van der Waals surface area contributed by atoms with Gasteiger partial charge >= 0.3 is 5.97 Å². The van der Waals surface area contributed by atoms with Crippen molar-refractivity contribution in [2.45, 2.75) is 94.8 Å². The summed E-state index contributed by atoms with van der Waals surface area (Å²) in [6, 6.07) is 13.5. The number of phenolic OH excluding ortho intramolecular Hbond substituents is 1. The summed E-state index contributed by atoms with van der Waals surface area (Å²) in [4.78, 5) is 132. The molecule has 30 heteroatoms. The Morgan fingerprint density at radius 1 is 0.678 bits per heavy atom. The van der Waals surface area contributed by atoms with Gasteiger partial charge in [0.1, 0.15) is 93.8 Å². The fourth-order valence-corrected chi connectivity index (χ4v) is 16.4. The van der Waals surface area contributed by atoms with Crippen LogP contribution in [0.1, 0.15) is 136 Å². The maximum Gasteiger partial charge on any atom is 0.306 e. The van der Waals surface area contributed by atoms with Gasteiger partial charge in [-0.15, -0.1) is 68.0 Å². The van der Waals surface area contributed by atoms with Crippen molar-refractivity contribution < 1.29 is 54.0 Å². The molecule has 462 valence electrons. The largest absolute Gasteiger partial charge is 0.508 e. The van der Waals surface area contributed by atoms with Gasteiger partial charge in [0.05, 0.1) is 36.2 Å². The summed E-state index contributed by atoms with van der Waals surface area (Å²) in [6.45, 7) is 3.34. The predicted octanol–water partition coefficient (Wildman–Crippen LogP) is 7.66. The number of carboxylic acid groups (broad SMARTS) is 1. The first-order valence-electron chi connectivity index (χ1n) is 28.3. The number of aromatic nitrogens is 7. The van der Waals surface area contributed by atoms with Gasteiger partial charge in [0.2, 0.25) is 11.8 Å². The smallest absolute Gasteiger partial charge is 0.306 e. The number of hydrogen-bond donors (Lipinski definition) is 9. The van der Waals surface area contributed by atoms with Crippen molar-refractivity contribution in [1.82, 2.24) is 61.1 Å². The summed E-state index contributed by atoms with van der Waals surface area (Å²) < 4.78 is 0. The lowest BCUT2D eigenvalue weighted by atomic mass is 9.86. The van der Waals surface area contributed by atoms with Crippen LogP contribution < -0.4 is 27.0 Å². The number of aliphatic carboxylic acids is 1. The highest BCUT2D eigenvalue weighted by molar-refractivity contribution is 7.15. The number of amides is 6. The summed E-state index contributed by atoms with van der Waals surface area (Å²) in [5.41, 5.74) is 8.71. The Bertz CT molecular complexity index is 4210.